The molecule has 36 heavy (non-hydrogen) atoms. The van der Waals surface area contributed by atoms with Crippen LogP contribution in [0.4, 0.5) is 17.6 Å². The molecular formula is C26H21ClF4N2O2S. The summed E-state index contributed by atoms with van der Waals surface area (Å²) >= 11 is 6.59. The van der Waals surface area contributed by atoms with Gasteiger partial charge >= 0.3 is 0 Å². The molecule has 10 heteroatoms. The lowest BCUT2D eigenvalue weighted by molar-refractivity contribution is 0.391. The van der Waals surface area contributed by atoms with Crippen LogP contribution in [0.15, 0.2) is 47.5 Å². The van der Waals surface area contributed by atoms with Gasteiger partial charge in [-0.15, -0.1) is 0 Å². The molecule has 4 nitrogen and oxygen atoms in total. The smallest absolute Gasteiger partial charge is 0.243 e. The fraction of sp³-hybridized carbons (Fsp3) is 0.192. The molecule has 0 saturated carbocycles. The number of hydrogen-bond acceptors (Lipinski definition) is 3. The van der Waals surface area contributed by atoms with Crippen LogP contribution in [0.1, 0.15) is 22.3 Å². The fourth-order valence-corrected chi connectivity index (χ4v) is 5.80. The van der Waals surface area contributed by atoms with Crippen molar-refractivity contribution in [3.05, 3.63) is 93.1 Å². The Morgan fingerprint density at radius 1 is 0.917 bits per heavy atom. The molecule has 4 aromatic rings. The number of pyridine rings is 1. The molecule has 0 bridgehead atoms. The minimum Gasteiger partial charge on any atom is -0.256 e. The molecule has 0 aliphatic rings. The Morgan fingerprint density at radius 3 is 2.22 bits per heavy atom. The number of nitrogens with zero attached hydrogens (tertiary/aromatic N) is 1. The Kier molecular flexibility index (Phi) is 7.10. The van der Waals surface area contributed by atoms with Gasteiger partial charge in [-0.2, -0.15) is 0 Å². The van der Waals surface area contributed by atoms with Crippen LogP contribution in [0.25, 0.3) is 22.0 Å². The molecule has 1 heterocycles. The Morgan fingerprint density at radius 2 is 1.56 bits per heavy atom. The summed E-state index contributed by atoms with van der Waals surface area (Å²) in [6.45, 7) is 4.65. The van der Waals surface area contributed by atoms with Gasteiger partial charge in [-0.1, -0.05) is 29.8 Å². The maximum absolute atomic E-state index is 14.1. The largest absolute Gasteiger partial charge is 0.256 e. The molecule has 4 rings (SSSR count). The van der Waals surface area contributed by atoms with Crippen molar-refractivity contribution in [2.75, 3.05) is 6.54 Å². The van der Waals surface area contributed by atoms with Gasteiger partial charge in [0.2, 0.25) is 10.0 Å². The lowest BCUT2D eigenvalue weighted by Gasteiger charge is -2.14. The summed E-state index contributed by atoms with van der Waals surface area (Å²) in [5.41, 5.74) is 4.52. The SMILES string of the molecule is Cc1cccc(C)c1-c1cc2ncc(CCNS(=O)(=O)c3c(C)c(F)c(F)c(F)c3F)cc2cc1Cl. The van der Waals surface area contributed by atoms with E-state index in [9.17, 15) is 26.0 Å². The van der Waals surface area contributed by atoms with E-state index in [2.05, 4.69) is 9.71 Å². The van der Waals surface area contributed by atoms with E-state index in [-0.39, 0.29) is 13.0 Å². The Hall–Kier alpha value is -3.01. The highest BCUT2D eigenvalue weighted by molar-refractivity contribution is 7.89. The van der Waals surface area contributed by atoms with E-state index in [1.54, 1.807) is 18.3 Å². The second-order valence-corrected chi connectivity index (χ2v) is 10.6. The van der Waals surface area contributed by atoms with Gasteiger partial charge in [-0.3, -0.25) is 4.98 Å². The summed E-state index contributed by atoms with van der Waals surface area (Å²) in [7, 11) is -4.66. The van der Waals surface area contributed by atoms with E-state index in [0.29, 0.717) is 16.1 Å². The minimum absolute atomic E-state index is 0.144. The lowest BCUT2D eigenvalue weighted by Crippen LogP contribution is -2.28. The summed E-state index contributed by atoms with van der Waals surface area (Å²) in [4.78, 5) is 3.20. The monoisotopic (exact) mass is 536 g/mol. The van der Waals surface area contributed by atoms with Gasteiger partial charge in [-0.25, -0.2) is 30.7 Å². The van der Waals surface area contributed by atoms with Crippen molar-refractivity contribution in [1.82, 2.24) is 9.71 Å². The van der Waals surface area contributed by atoms with Gasteiger partial charge in [0.05, 0.1) is 5.52 Å². The van der Waals surface area contributed by atoms with Crippen molar-refractivity contribution in [2.24, 2.45) is 0 Å². The second-order valence-electron chi connectivity index (χ2n) is 8.49. The Labute approximate surface area is 211 Å². The van der Waals surface area contributed by atoms with Crippen molar-refractivity contribution in [1.29, 1.82) is 0 Å². The van der Waals surface area contributed by atoms with Crippen molar-refractivity contribution < 1.29 is 26.0 Å². The maximum atomic E-state index is 14.1. The van der Waals surface area contributed by atoms with E-state index in [0.717, 1.165) is 34.6 Å². The standard InChI is InChI=1S/C26H21ClF4N2O2S/c1-13-5-4-6-14(2)21(13)18-11-20-17(10-19(18)27)9-16(12-32-20)7-8-33-36(34,35)26-15(3)22(28)23(29)24(30)25(26)31/h4-6,9-12,33H,7-8H2,1-3H3. The third-order valence-corrected chi connectivity index (χ3v) is 7.92. The Balaban J connectivity index is 1.57. The first-order valence-corrected chi connectivity index (χ1v) is 12.8. The number of fused-ring (bicyclic) bond motifs is 1. The summed E-state index contributed by atoms with van der Waals surface area (Å²) < 4.78 is 82.1. The molecule has 0 spiro atoms. The van der Waals surface area contributed by atoms with Crippen molar-refractivity contribution >= 4 is 32.5 Å². The van der Waals surface area contributed by atoms with Crippen molar-refractivity contribution in [3.63, 3.8) is 0 Å². The molecule has 3 aromatic carbocycles. The second kappa shape index (κ2) is 9.80. The number of rotatable bonds is 6. The minimum atomic E-state index is -4.66. The summed E-state index contributed by atoms with van der Waals surface area (Å²) in [5.74, 6) is -7.98. The molecule has 1 aromatic heterocycles. The zero-order chi connectivity index (χ0) is 26.4. The predicted octanol–water partition coefficient (Wildman–Crippen LogP) is 6.56. The van der Waals surface area contributed by atoms with Crippen LogP contribution >= 0.6 is 11.6 Å². The zero-order valence-corrected chi connectivity index (χ0v) is 21.1. The summed E-state index contributed by atoms with van der Waals surface area (Å²) in [5, 5.41) is 1.27. The molecule has 0 unspecified atom stereocenters. The van der Waals surface area contributed by atoms with Crippen LogP contribution in [-0.2, 0) is 16.4 Å². The van der Waals surface area contributed by atoms with Crippen molar-refractivity contribution in [3.8, 4) is 11.1 Å². The van der Waals surface area contributed by atoms with Crippen LogP contribution in [0.3, 0.4) is 0 Å². The van der Waals surface area contributed by atoms with Gasteiger partial charge in [0, 0.05) is 34.3 Å². The molecule has 0 radical (unpaired) electrons. The summed E-state index contributed by atoms with van der Waals surface area (Å²) in [6, 6.07) is 11.4. The molecule has 0 atom stereocenters. The van der Waals surface area contributed by atoms with Gasteiger partial charge in [0.25, 0.3) is 0 Å². The molecule has 0 aliphatic heterocycles. The molecule has 0 amide bonds. The highest BCUT2D eigenvalue weighted by atomic mass is 35.5. The van der Waals surface area contributed by atoms with Crippen LogP contribution in [-0.4, -0.2) is 19.9 Å². The lowest BCUT2D eigenvalue weighted by atomic mass is 9.94. The first kappa shape index (κ1) is 26.1. The number of aryl methyl sites for hydroxylation is 2. The van der Waals surface area contributed by atoms with Crippen LogP contribution in [0, 0.1) is 44.0 Å². The van der Waals surface area contributed by atoms with Gasteiger partial charge in [0.1, 0.15) is 4.90 Å². The number of sulfonamides is 1. The highest BCUT2D eigenvalue weighted by Crippen LogP contribution is 2.35. The van der Waals surface area contributed by atoms with Gasteiger partial charge in [-0.05, 0) is 67.6 Å². The van der Waals surface area contributed by atoms with Gasteiger partial charge < -0.3 is 0 Å². The molecule has 1 N–H and O–H groups in total. The van der Waals surface area contributed by atoms with E-state index in [1.165, 1.54) is 0 Å². The molecule has 0 aliphatic carbocycles. The number of halogens is 5. The van der Waals surface area contributed by atoms with E-state index < -0.39 is 43.8 Å². The predicted molar refractivity (Wildman–Crippen MR) is 132 cm³/mol. The summed E-state index contributed by atoms with van der Waals surface area (Å²) in [6.07, 6.45) is 1.72. The number of nitrogens with one attached hydrogen (secondary N) is 1. The van der Waals surface area contributed by atoms with E-state index in [4.69, 9.17) is 11.6 Å². The van der Waals surface area contributed by atoms with E-state index >= 15 is 0 Å². The average molecular weight is 537 g/mol. The maximum Gasteiger partial charge on any atom is 0.243 e. The molecule has 0 fully saturated rings. The number of aromatic nitrogens is 1. The average Bonchev–Trinajstić information content (AvgIpc) is 2.81. The molecular weight excluding hydrogens is 516 g/mol. The topological polar surface area (TPSA) is 59.1 Å². The fourth-order valence-electron chi connectivity index (χ4n) is 4.20. The molecule has 188 valence electrons. The third-order valence-electron chi connectivity index (χ3n) is 6.00. The Bertz CT molecular complexity index is 1580. The first-order chi connectivity index (χ1) is 16.9. The van der Waals surface area contributed by atoms with Crippen LogP contribution < -0.4 is 4.72 Å². The van der Waals surface area contributed by atoms with E-state index in [1.807, 2.05) is 38.1 Å². The normalized spacial score (nSPS) is 11.9. The quantitative estimate of drug-likeness (QED) is 0.172. The number of hydrogen-bond donors (Lipinski definition) is 1. The highest BCUT2D eigenvalue weighted by Gasteiger charge is 2.30. The third kappa shape index (κ3) is 4.70. The molecule has 0 saturated heterocycles. The van der Waals surface area contributed by atoms with Crippen LogP contribution in [0.2, 0.25) is 5.02 Å². The van der Waals surface area contributed by atoms with Gasteiger partial charge in [0.15, 0.2) is 23.3 Å². The number of benzene rings is 3. The van der Waals surface area contributed by atoms with Crippen molar-refractivity contribution in [2.45, 2.75) is 32.1 Å². The van der Waals surface area contributed by atoms with Crippen LogP contribution in [0.5, 0.6) is 0 Å². The zero-order valence-electron chi connectivity index (χ0n) is 19.5. The first-order valence-electron chi connectivity index (χ1n) is 10.9.